The van der Waals surface area contributed by atoms with E-state index in [1.165, 1.54) is 12.1 Å². The largest absolute Gasteiger partial charge is 0.480 e. The quantitative estimate of drug-likeness (QED) is 0.789. The fourth-order valence-corrected chi connectivity index (χ4v) is 1.30. The molecule has 94 valence electrons. The second kappa shape index (κ2) is 6.74. The lowest BCUT2D eigenvalue weighted by Crippen LogP contribution is -2.48. The van der Waals surface area contributed by atoms with Crippen LogP contribution in [0.5, 0.6) is 0 Å². The van der Waals surface area contributed by atoms with Crippen LogP contribution in [0.25, 0.3) is 0 Å². The number of carbonyl (C=O) groups is 2. The predicted octanol–water partition coefficient (Wildman–Crippen LogP) is 1.37. The van der Waals surface area contributed by atoms with Crippen LogP contribution in [0.2, 0.25) is 0 Å². The normalized spacial score (nSPS) is 16.6. The van der Waals surface area contributed by atoms with E-state index >= 15 is 0 Å². The molecule has 1 aromatic rings. The molecule has 6 heteroatoms. The van der Waals surface area contributed by atoms with Gasteiger partial charge in [-0.3, -0.25) is 9.59 Å². The van der Waals surface area contributed by atoms with E-state index < -0.39 is 11.2 Å². The highest BCUT2D eigenvalue weighted by molar-refractivity contribution is 6.67. The van der Waals surface area contributed by atoms with Crippen molar-refractivity contribution in [1.82, 2.24) is 5.32 Å². The van der Waals surface area contributed by atoms with Gasteiger partial charge in [0, 0.05) is 5.56 Å². The number of nitrogens with zero attached hydrogens (tertiary/aromatic N) is 1. The van der Waals surface area contributed by atoms with Crippen molar-refractivity contribution < 1.29 is 14.7 Å². The Balaban J connectivity index is 0.000000199. The van der Waals surface area contributed by atoms with Crippen molar-refractivity contribution in [1.29, 1.82) is 5.26 Å². The molecule has 1 atom stereocenters. The first-order valence-corrected chi connectivity index (χ1v) is 5.58. The zero-order chi connectivity index (χ0) is 13.5. The van der Waals surface area contributed by atoms with Gasteiger partial charge in [0.1, 0.15) is 6.04 Å². The smallest absolute Gasteiger partial charge is 0.320 e. The molecule has 2 N–H and O–H groups in total. The Hall–Kier alpha value is -1.90. The van der Waals surface area contributed by atoms with Crippen LogP contribution in [0.4, 0.5) is 0 Å². The van der Waals surface area contributed by atoms with E-state index in [1.54, 1.807) is 12.1 Å². The molecule has 1 aromatic carbocycles. The zero-order valence-corrected chi connectivity index (χ0v) is 10.1. The van der Waals surface area contributed by atoms with Gasteiger partial charge in [-0.1, -0.05) is 0 Å². The lowest BCUT2D eigenvalue weighted by atomic mass is 10.1. The van der Waals surface area contributed by atoms with Gasteiger partial charge in [-0.15, -0.1) is 0 Å². The van der Waals surface area contributed by atoms with Gasteiger partial charge in [0.2, 0.25) is 0 Å². The van der Waals surface area contributed by atoms with Crippen LogP contribution in [0.1, 0.15) is 22.3 Å². The summed E-state index contributed by atoms with van der Waals surface area (Å²) >= 11 is 5.18. The summed E-state index contributed by atoms with van der Waals surface area (Å²) in [6, 6.07) is 7.83. The molecule has 1 aliphatic rings. The highest BCUT2D eigenvalue weighted by Gasteiger charge is 2.22. The molecule has 0 spiro atoms. The van der Waals surface area contributed by atoms with Gasteiger partial charge in [-0.25, -0.2) is 0 Å². The fraction of sp³-hybridized carbons (Fsp3) is 0.250. The molecule has 1 heterocycles. The second-order valence-corrected chi connectivity index (χ2v) is 3.94. The Kier molecular flexibility index (Phi) is 5.31. The molecule has 0 radical (unpaired) electrons. The maximum Gasteiger partial charge on any atom is 0.320 e. The molecule has 0 saturated carbocycles. The van der Waals surface area contributed by atoms with Gasteiger partial charge in [0.15, 0.2) is 0 Å². The van der Waals surface area contributed by atoms with Gasteiger partial charge in [-0.05, 0) is 48.8 Å². The number of hydrogen-bond donors (Lipinski definition) is 2. The maximum absolute atomic E-state index is 10.5. The van der Waals surface area contributed by atoms with E-state index in [2.05, 4.69) is 5.32 Å². The molecular weight excluding hydrogens is 256 g/mol. The average molecular weight is 267 g/mol. The third-order valence-corrected chi connectivity index (χ3v) is 2.58. The van der Waals surface area contributed by atoms with E-state index in [-0.39, 0.29) is 6.04 Å². The fourth-order valence-electron chi connectivity index (χ4n) is 1.18. The van der Waals surface area contributed by atoms with Gasteiger partial charge >= 0.3 is 5.97 Å². The van der Waals surface area contributed by atoms with Crippen LogP contribution < -0.4 is 5.32 Å². The van der Waals surface area contributed by atoms with E-state index in [9.17, 15) is 9.59 Å². The number of nitriles is 1. The molecule has 0 aromatic heterocycles. The summed E-state index contributed by atoms with van der Waals surface area (Å²) in [5.41, 5.74) is 0.928. The standard InChI is InChI=1S/C8H4ClNO.C4H7NO2/c9-8(11)7-3-1-6(5-10)2-4-7;6-4(7)3-1-2-5-3/h1-4H;3,5H,1-2H2,(H,6,7)/t;3-/m.0/s1. The van der Waals surface area contributed by atoms with E-state index in [1.807, 2.05) is 6.07 Å². The first kappa shape index (κ1) is 14.2. The van der Waals surface area contributed by atoms with Gasteiger partial charge in [0.25, 0.3) is 5.24 Å². The molecule has 1 saturated heterocycles. The third kappa shape index (κ3) is 4.17. The summed E-state index contributed by atoms with van der Waals surface area (Å²) in [4.78, 5) is 20.4. The lowest BCUT2D eigenvalue weighted by molar-refractivity contribution is -0.141. The number of rotatable bonds is 2. The SMILES string of the molecule is N#Cc1ccc(C(=O)Cl)cc1.O=C(O)[C@@H]1CCN1. The van der Waals surface area contributed by atoms with E-state index in [4.69, 9.17) is 22.0 Å². The van der Waals surface area contributed by atoms with Gasteiger partial charge in [0.05, 0.1) is 11.6 Å². The topological polar surface area (TPSA) is 90.2 Å². The average Bonchev–Trinajstić information content (AvgIpc) is 2.27. The van der Waals surface area contributed by atoms with Crippen LogP contribution in [0, 0.1) is 11.3 Å². The van der Waals surface area contributed by atoms with Crippen molar-refractivity contribution in [2.75, 3.05) is 6.54 Å². The molecule has 2 rings (SSSR count). The predicted molar refractivity (Wildman–Crippen MR) is 65.4 cm³/mol. The summed E-state index contributed by atoms with van der Waals surface area (Å²) in [5.74, 6) is -0.730. The number of aliphatic carboxylic acids is 1. The molecule has 18 heavy (non-hydrogen) atoms. The molecule has 0 aliphatic carbocycles. The third-order valence-electron chi connectivity index (χ3n) is 2.36. The molecular formula is C12H11ClN2O3. The van der Waals surface area contributed by atoms with Crippen molar-refractivity contribution in [3.63, 3.8) is 0 Å². The summed E-state index contributed by atoms with van der Waals surface area (Å²) in [7, 11) is 0. The number of carbonyl (C=O) groups excluding carboxylic acids is 1. The van der Waals surface area contributed by atoms with Crippen LogP contribution in [-0.2, 0) is 4.79 Å². The molecule has 1 fully saturated rings. The van der Waals surface area contributed by atoms with Crippen molar-refractivity contribution in [3.05, 3.63) is 35.4 Å². The summed E-state index contributed by atoms with van der Waals surface area (Å²) < 4.78 is 0. The molecule has 1 aliphatic heterocycles. The Bertz CT molecular complexity index is 475. The monoisotopic (exact) mass is 266 g/mol. The van der Waals surface area contributed by atoms with Crippen molar-refractivity contribution in [2.45, 2.75) is 12.5 Å². The molecule has 0 unspecified atom stereocenters. The van der Waals surface area contributed by atoms with Gasteiger partial charge in [-0.2, -0.15) is 5.26 Å². The highest BCUT2D eigenvalue weighted by Crippen LogP contribution is 2.05. The summed E-state index contributed by atoms with van der Waals surface area (Å²) in [6.07, 6.45) is 0.787. The van der Waals surface area contributed by atoms with Crippen LogP contribution in [-0.4, -0.2) is 28.9 Å². The lowest BCUT2D eigenvalue weighted by Gasteiger charge is -2.22. The number of carboxylic acid groups (broad SMARTS) is 1. The van der Waals surface area contributed by atoms with Crippen molar-refractivity contribution in [2.24, 2.45) is 0 Å². The summed E-state index contributed by atoms with van der Waals surface area (Å²) in [5, 5.41) is 18.8. The molecule has 0 amide bonds. The molecule has 0 bridgehead atoms. The zero-order valence-electron chi connectivity index (χ0n) is 9.39. The first-order valence-electron chi connectivity index (χ1n) is 5.20. The van der Waals surface area contributed by atoms with Crippen LogP contribution in [0.3, 0.4) is 0 Å². The minimum absolute atomic E-state index is 0.250. The molecule has 5 nitrogen and oxygen atoms in total. The Morgan fingerprint density at radius 1 is 1.39 bits per heavy atom. The minimum atomic E-state index is -0.730. The first-order chi connectivity index (χ1) is 8.54. The Morgan fingerprint density at radius 3 is 2.17 bits per heavy atom. The Morgan fingerprint density at radius 2 is 1.94 bits per heavy atom. The van der Waals surface area contributed by atoms with E-state index in [0.717, 1.165) is 13.0 Å². The van der Waals surface area contributed by atoms with Crippen LogP contribution in [0.15, 0.2) is 24.3 Å². The number of nitrogens with one attached hydrogen (secondary N) is 1. The van der Waals surface area contributed by atoms with Crippen molar-refractivity contribution in [3.8, 4) is 6.07 Å². The van der Waals surface area contributed by atoms with Crippen LogP contribution >= 0.6 is 11.6 Å². The number of carboxylic acids is 1. The number of benzene rings is 1. The minimum Gasteiger partial charge on any atom is -0.480 e. The maximum atomic E-state index is 10.5. The second-order valence-electron chi connectivity index (χ2n) is 3.60. The van der Waals surface area contributed by atoms with Crippen molar-refractivity contribution >= 4 is 22.8 Å². The number of hydrogen-bond acceptors (Lipinski definition) is 4. The van der Waals surface area contributed by atoms with Gasteiger partial charge < -0.3 is 10.4 Å². The van der Waals surface area contributed by atoms with E-state index in [0.29, 0.717) is 11.1 Å². The summed E-state index contributed by atoms with van der Waals surface area (Å²) in [6.45, 7) is 0.858. The number of halogens is 1. The Labute approximate surface area is 109 Å². The highest BCUT2D eigenvalue weighted by atomic mass is 35.5.